The van der Waals surface area contributed by atoms with E-state index in [1.54, 1.807) is 6.92 Å². The maximum atomic E-state index is 12.1. The summed E-state index contributed by atoms with van der Waals surface area (Å²) in [6.45, 7) is 1.21. The molecule has 0 aliphatic carbocycles. The fraction of sp³-hybridized carbons (Fsp3) is 0.778. The molecule has 1 aliphatic heterocycles. The lowest BCUT2D eigenvalue weighted by Gasteiger charge is -2.17. The lowest BCUT2D eigenvalue weighted by Crippen LogP contribution is -2.40. The largest absolute Gasteiger partial charge is 0.481 e. The molecule has 0 aromatic rings. The average molecular weight is 239 g/mol. The van der Waals surface area contributed by atoms with Crippen LogP contribution in [-0.2, 0) is 9.59 Å². The highest BCUT2D eigenvalue weighted by atomic mass is 19.4. The number of carboxylic acids is 1. The molecular weight excluding hydrogens is 227 g/mol. The minimum absolute atomic E-state index is 0.133. The number of hydrogen-bond donors (Lipinski definition) is 1. The van der Waals surface area contributed by atoms with Crippen LogP contribution >= 0.6 is 0 Å². The van der Waals surface area contributed by atoms with Crippen LogP contribution in [0.25, 0.3) is 0 Å². The van der Waals surface area contributed by atoms with Gasteiger partial charge in [-0.3, -0.25) is 9.59 Å². The van der Waals surface area contributed by atoms with Crippen molar-refractivity contribution < 1.29 is 27.9 Å². The minimum Gasteiger partial charge on any atom is -0.481 e. The summed E-state index contributed by atoms with van der Waals surface area (Å²) in [6.07, 6.45) is -4.48. The van der Waals surface area contributed by atoms with Crippen LogP contribution in [-0.4, -0.2) is 41.1 Å². The van der Waals surface area contributed by atoms with Crippen LogP contribution in [0, 0.1) is 11.8 Å². The van der Waals surface area contributed by atoms with E-state index in [0.717, 1.165) is 0 Å². The van der Waals surface area contributed by atoms with Gasteiger partial charge in [-0.05, 0) is 5.92 Å². The van der Waals surface area contributed by atoms with Crippen molar-refractivity contribution in [2.75, 3.05) is 13.1 Å². The lowest BCUT2D eigenvalue weighted by molar-refractivity contribution is -0.184. The van der Waals surface area contributed by atoms with Crippen LogP contribution in [0.3, 0.4) is 0 Å². The summed E-state index contributed by atoms with van der Waals surface area (Å²) in [5.74, 6) is -4.39. The SMILES string of the molecule is CC[C@@H]1CN(C(=O)C(F)(F)F)C[C@H]1C(=O)O. The highest BCUT2D eigenvalue weighted by molar-refractivity contribution is 5.83. The van der Waals surface area contributed by atoms with Gasteiger partial charge in [0.1, 0.15) is 0 Å². The third-order valence-corrected chi connectivity index (χ3v) is 2.81. The molecule has 1 saturated heterocycles. The summed E-state index contributed by atoms with van der Waals surface area (Å²) in [6, 6.07) is 0. The fourth-order valence-corrected chi connectivity index (χ4v) is 1.91. The Morgan fingerprint density at radius 2 is 1.94 bits per heavy atom. The van der Waals surface area contributed by atoms with E-state index in [0.29, 0.717) is 11.3 Å². The van der Waals surface area contributed by atoms with E-state index in [1.165, 1.54) is 0 Å². The van der Waals surface area contributed by atoms with Gasteiger partial charge in [0.05, 0.1) is 5.92 Å². The van der Waals surface area contributed by atoms with E-state index in [4.69, 9.17) is 5.11 Å². The highest BCUT2D eigenvalue weighted by Gasteiger charge is 2.48. The van der Waals surface area contributed by atoms with Crippen molar-refractivity contribution in [2.24, 2.45) is 11.8 Å². The quantitative estimate of drug-likeness (QED) is 0.785. The summed E-state index contributed by atoms with van der Waals surface area (Å²) >= 11 is 0. The molecule has 7 heteroatoms. The van der Waals surface area contributed by atoms with Crippen LogP contribution in [0.15, 0.2) is 0 Å². The zero-order valence-corrected chi connectivity index (χ0v) is 8.62. The van der Waals surface area contributed by atoms with Gasteiger partial charge in [0.25, 0.3) is 0 Å². The Balaban J connectivity index is 2.75. The predicted octanol–water partition coefficient (Wildman–Crippen LogP) is 1.12. The minimum atomic E-state index is -4.92. The molecule has 0 spiro atoms. The van der Waals surface area contributed by atoms with E-state index >= 15 is 0 Å². The van der Waals surface area contributed by atoms with Gasteiger partial charge in [-0.2, -0.15) is 13.2 Å². The van der Waals surface area contributed by atoms with Gasteiger partial charge in [-0.25, -0.2) is 0 Å². The highest BCUT2D eigenvalue weighted by Crippen LogP contribution is 2.29. The number of hydrogen-bond acceptors (Lipinski definition) is 2. The number of nitrogens with zero attached hydrogens (tertiary/aromatic N) is 1. The molecule has 1 aliphatic rings. The van der Waals surface area contributed by atoms with Crippen LogP contribution in [0.4, 0.5) is 13.2 Å². The number of carbonyl (C=O) groups is 2. The fourth-order valence-electron chi connectivity index (χ4n) is 1.91. The second-order valence-corrected chi connectivity index (χ2v) is 3.82. The third kappa shape index (κ3) is 2.45. The lowest BCUT2D eigenvalue weighted by atomic mass is 9.94. The molecule has 0 bridgehead atoms. The van der Waals surface area contributed by atoms with Crippen molar-refractivity contribution in [1.29, 1.82) is 0 Å². The third-order valence-electron chi connectivity index (χ3n) is 2.81. The Hall–Kier alpha value is -1.27. The van der Waals surface area contributed by atoms with Crippen LogP contribution < -0.4 is 0 Å². The Bertz CT molecular complexity index is 303. The van der Waals surface area contributed by atoms with E-state index in [-0.39, 0.29) is 13.1 Å². The van der Waals surface area contributed by atoms with E-state index < -0.39 is 29.9 Å². The Morgan fingerprint density at radius 1 is 1.38 bits per heavy atom. The standard InChI is InChI=1S/C9H12F3NO3/c1-2-5-3-13(4-6(5)7(14)15)8(16)9(10,11)12/h5-6H,2-4H2,1H3,(H,14,15)/t5-,6-/m1/s1. The zero-order chi connectivity index (χ0) is 12.5. The molecule has 0 aromatic carbocycles. The van der Waals surface area contributed by atoms with Crippen molar-refractivity contribution in [1.82, 2.24) is 4.90 Å². The first-order valence-corrected chi connectivity index (χ1v) is 4.86. The molecule has 0 saturated carbocycles. The molecular formula is C9H12F3NO3. The molecule has 4 nitrogen and oxygen atoms in total. The van der Waals surface area contributed by atoms with Crippen LogP contribution in [0.2, 0.25) is 0 Å². The molecule has 0 unspecified atom stereocenters. The number of carboxylic acid groups (broad SMARTS) is 1. The van der Waals surface area contributed by atoms with Gasteiger partial charge in [0, 0.05) is 13.1 Å². The molecule has 1 heterocycles. The number of carbonyl (C=O) groups excluding carboxylic acids is 1. The molecule has 1 amide bonds. The van der Waals surface area contributed by atoms with Gasteiger partial charge in [0.2, 0.25) is 0 Å². The van der Waals surface area contributed by atoms with Crippen LogP contribution in [0.1, 0.15) is 13.3 Å². The molecule has 0 radical (unpaired) electrons. The number of halogens is 3. The number of alkyl halides is 3. The number of likely N-dealkylation sites (tertiary alicyclic amines) is 1. The summed E-state index contributed by atoms with van der Waals surface area (Å²) in [5, 5.41) is 8.80. The summed E-state index contributed by atoms with van der Waals surface area (Å²) < 4.78 is 36.4. The Kier molecular flexibility index (Phi) is 3.44. The monoisotopic (exact) mass is 239 g/mol. The summed E-state index contributed by atoms with van der Waals surface area (Å²) in [4.78, 5) is 22.3. The second-order valence-electron chi connectivity index (χ2n) is 3.82. The van der Waals surface area contributed by atoms with Gasteiger partial charge in [-0.1, -0.05) is 13.3 Å². The van der Waals surface area contributed by atoms with Gasteiger partial charge >= 0.3 is 18.1 Å². The summed E-state index contributed by atoms with van der Waals surface area (Å²) in [7, 11) is 0. The first-order valence-electron chi connectivity index (χ1n) is 4.86. The van der Waals surface area contributed by atoms with Gasteiger partial charge in [-0.15, -0.1) is 0 Å². The van der Waals surface area contributed by atoms with Crippen molar-refractivity contribution in [3.05, 3.63) is 0 Å². The van der Waals surface area contributed by atoms with Gasteiger partial charge < -0.3 is 10.0 Å². The van der Waals surface area contributed by atoms with E-state index in [1.807, 2.05) is 0 Å². The number of aliphatic carboxylic acids is 1. The van der Waals surface area contributed by atoms with E-state index in [9.17, 15) is 22.8 Å². The number of rotatable bonds is 2. The van der Waals surface area contributed by atoms with Crippen molar-refractivity contribution in [3.63, 3.8) is 0 Å². The molecule has 92 valence electrons. The van der Waals surface area contributed by atoms with Gasteiger partial charge in [0.15, 0.2) is 0 Å². The Morgan fingerprint density at radius 3 is 2.25 bits per heavy atom. The molecule has 1 fully saturated rings. The first-order chi connectivity index (χ1) is 7.27. The molecule has 1 rings (SSSR count). The molecule has 2 atom stereocenters. The zero-order valence-electron chi connectivity index (χ0n) is 8.62. The smallest absolute Gasteiger partial charge is 0.471 e. The molecule has 16 heavy (non-hydrogen) atoms. The van der Waals surface area contributed by atoms with Crippen molar-refractivity contribution in [2.45, 2.75) is 19.5 Å². The molecule has 0 aromatic heterocycles. The topological polar surface area (TPSA) is 57.6 Å². The maximum Gasteiger partial charge on any atom is 0.471 e. The van der Waals surface area contributed by atoms with E-state index in [2.05, 4.69) is 0 Å². The average Bonchev–Trinajstić information content (AvgIpc) is 2.58. The van der Waals surface area contributed by atoms with Crippen molar-refractivity contribution in [3.8, 4) is 0 Å². The van der Waals surface area contributed by atoms with Crippen LogP contribution in [0.5, 0.6) is 0 Å². The maximum absolute atomic E-state index is 12.1. The second kappa shape index (κ2) is 4.31. The molecule has 1 N–H and O–H groups in total. The first kappa shape index (κ1) is 12.8. The normalized spacial score (nSPS) is 25.9. The summed E-state index contributed by atoms with van der Waals surface area (Å²) in [5.41, 5.74) is 0. The number of amides is 1. The Labute approximate surface area is 90.0 Å². The van der Waals surface area contributed by atoms with Crippen molar-refractivity contribution >= 4 is 11.9 Å². The predicted molar refractivity (Wildman–Crippen MR) is 47.5 cm³/mol.